The van der Waals surface area contributed by atoms with Crippen LogP contribution in [0.1, 0.15) is 93.6 Å². The number of aromatic hydroxyl groups is 1. The van der Waals surface area contributed by atoms with Crippen molar-refractivity contribution in [3.05, 3.63) is 83.1 Å². The smallest absolute Gasteiger partial charge is 0.300 e. The summed E-state index contributed by atoms with van der Waals surface area (Å²) in [5.41, 5.74) is 2.98. The summed E-state index contributed by atoms with van der Waals surface area (Å²) in [5.74, 6) is -0.0655. The molecular formula is C37H53NO6. The van der Waals surface area contributed by atoms with Gasteiger partial charge in [-0.25, -0.2) is 0 Å². The molecule has 0 fully saturated rings. The Morgan fingerprint density at radius 1 is 1.00 bits per heavy atom. The first-order valence-electron chi connectivity index (χ1n) is 15.3. The molecular weight excluding hydrogens is 554 g/mol. The number of phenolic OH excluding ortho intramolecular Hbond substituents is 1. The summed E-state index contributed by atoms with van der Waals surface area (Å²) in [6, 6.07) is 9.65. The number of carboxylic acid groups (broad SMARTS) is 1. The number of amides is 1. The Bertz CT molecular complexity index is 1440. The lowest BCUT2D eigenvalue weighted by Gasteiger charge is -2.37. The van der Waals surface area contributed by atoms with Gasteiger partial charge in [0.25, 0.3) is 5.97 Å². The van der Waals surface area contributed by atoms with Gasteiger partial charge in [0.15, 0.2) is 5.43 Å². The highest BCUT2D eigenvalue weighted by atomic mass is 16.4. The Morgan fingerprint density at radius 2 is 1.59 bits per heavy atom. The highest BCUT2D eigenvalue weighted by Crippen LogP contribution is 2.41. The summed E-state index contributed by atoms with van der Waals surface area (Å²) in [6.07, 6.45) is 11.8. The topological polar surface area (TPSA) is 117 Å². The Labute approximate surface area is 263 Å². The zero-order chi connectivity index (χ0) is 34.1. The summed E-state index contributed by atoms with van der Waals surface area (Å²) >= 11 is 0. The molecule has 1 atom stereocenters. The van der Waals surface area contributed by atoms with Crippen molar-refractivity contribution >= 4 is 28.4 Å². The molecule has 0 spiro atoms. The number of fused-ring (bicyclic) bond motifs is 2. The van der Waals surface area contributed by atoms with E-state index in [-0.39, 0.29) is 27.9 Å². The average Bonchev–Trinajstić information content (AvgIpc) is 3.00. The third kappa shape index (κ3) is 11.9. The summed E-state index contributed by atoms with van der Waals surface area (Å²) in [4.78, 5) is 32.5. The molecule has 7 heteroatoms. The fourth-order valence-electron chi connectivity index (χ4n) is 4.68. The average molecular weight is 608 g/mol. The van der Waals surface area contributed by atoms with Gasteiger partial charge in [-0.05, 0) is 55.0 Å². The molecule has 1 aromatic carbocycles. The molecule has 44 heavy (non-hydrogen) atoms. The van der Waals surface area contributed by atoms with Crippen LogP contribution >= 0.6 is 0 Å². The number of hydrogen-bond acceptors (Lipinski definition) is 5. The molecule has 0 saturated heterocycles. The lowest BCUT2D eigenvalue weighted by molar-refractivity contribution is -0.134. The number of hydrogen-bond donors (Lipinski definition) is 3. The van der Waals surface area contributed by atoms with Gasteiger partial charge in [-0.3, -0.25) is 14.4 Å². The molecule has 1 aliphatic carbocycles. The molecule has 3 N–H and O–H groups in total. The Balaban J connectivity index is 0.000000762. The highest BCUT2D eigenvalue weighted by Gasteiger charge is 2.37. The molecule has 1 unspecified atom stereocenters. The molecule has 0 bridgehead atoms. The lowest BCUT2D eigenvalue weighted by Crippen LogP contribution is -2.40. The number of phenols is 1. The molecule has 7 nitrogen and oxygen atoms in total. The van der Waals surface area contributed by atoms with E-state index in [1.807, 2.05) is 45.1 Å². The van der Waals surface area contributed by atoms with Crippen LogP contribution in [0.3, 0.4) is 0 Å². The van der Waals surface area contributed by atoms with Crippen LogP contribution in [0, 0.1) is 10.8 Å². The third-order valence-corrected chi connectivity index (χ3v) is 7.68. The zero-order valence-electron chi connectivity index (χ0n) is 28.3. The van der Waals surface area contributed by atoms with E-state index in [1.165, 1.54) is 12.1 Å². The summed E-state index contributed by atoms with van der Waals surface area (Å²) < 4.78 is 5.79. The van der Waals surface area contributed by atoms with Gasteiger partial charge >= 0.3 is 0 Å². The summed E-state index contributed by atoms with van der Waals surface area (Å²) in [7, 11) is 1.73. The van der Waals surface area contributed by atoms with Crippen LogP contribution < -0.4 is 10.7 Å². The SMILES string of the molecule is C=C(/C=C\C=C/C)c1c2ccc(=O)cc-2oc2cc(O)ccc12.CC.CC(=O)O.CCC(C)(CC)CC(C)(CC)C(=O)NC. The first-order valence-corrected chi connectivity index (χ1v) is 15.3. The van der Waals surface area contributed by atoms with Crippen molar-refractivity contribution in [2.75, 3.05) is 7.05 Å². The summed E-state index contributed by atoms with van der Waals surface area (Å²) in [5, 5.41) is 20.7. The fraction of sp³-hybridized carbons (Fsp3) is 0.432. The second-order valence-corrected chi connectivity index (χ2v) is 10.9. The van der Waals surface area contributed by atoms with Crippen LogP contribution in [0.5, 0.6) is 5.75 Å². The van der Waals surface area contributed by atoms with Gasteiger partial charge < -0.3 is 19.9 Å². The Kier molecular flexibility index (Phi) is 17.4. The van der Waals surface area contributed by atoms with Crippen LogP contribution in [-0.2, 0) is 9.59 Å². The van der Waals surface area contributed by atoms with E-state index in [9.17, 15) is 14.7 Å². The second kappa shape index (κ2) is 19.2. The number of aliphatic carboxylic acids is 1. The molecule has 1 heterocycles. The number of nitrogens with one attached hydrogen (secondary N) is 1. The fourth-order valence-corrected chi connectivity index (χ4v) is 4.68. The van der Waals surface area contributed by atoms with Crippen molar-refractivity contribution < 1.29 is 24.2 Å². The van der Waals surface area contributed by atoms with Gasteiger partial charge in [0.05, 0.1) is 0 Å². The van der Waals surface area contributed by atoms with E-state index in [1.54, 1.807) is 31.3 Å². The van der Waals surface area contributed by atoms with Gasteiger partial charge in [0.2, 0.25) is 5.91 Å². The van der Waals surface area contributed by atoms with Crippen LogP contribution in [0.4, 0.5) is 0 Å². The predicted octanol–water partition coefficient (Wildman–Crippen LogP) is 9.23. The maximum Gasteiger partial charge on any atom is 0.300 e. The van der Waals surface area contributed by atoms with Crippen molar-refractivity contribution in [3.8, 4) is 17.1 Å². The quantitative estimate of drug-likeness (QED) is 0.165. The number of allylic oxidation sites excluding steroid dienone is 5. The molecule has 0 saturated carbocycles. The monoisotopic (exact) mass is 607 g/mol. The number of benzene rings is 2. The zero-order valence-corrected chi connectivity index (χ0v) is 28.3. The van der Waals surface area contributed by atoms with Crippen molar-refractivity contribution in [3.63, 3.8) is 0 Å². The van der Waals surface area contributed by atoms with Crippen molar-refractivity contribution in [1.29, 1.82) is 0 Å². The number of carbonyl (C=O) groups is 2. The summed E-state index contributed by atoms with van der Waals surface area (Å²) in [6.45, 7) is 22.0. The predicted molar refractivity (Wildman–Crippen MR) is 184 cm³/mol. The minimum absolute atomic E-state index is 0.111. The van der Waals surface area contributed by atoms with E-state index in [0.29, 0.717) is 11.3 Å². The molecule has 242 valence electrons. The van der Waals surface area contributed by atoms with E-state index in [0.717, 1.165) is 54.7 Å². The van der Waals surface area contributed by atoms with Crippen molar-refractivity contribution in [2.24, 2.45) is 10.8 Å². The molecule has 1 aromatic rings. The Morgan fingerprint density at radius 3 is 2.09 bits per heavy atom. The van der Waals surface area contributed by atoms with Gasteiger partial charge in [-0.1, -0.05) is 92.2 Å². The lowest BCUT2D eigenvalue weighted by atomic mass is 9.68. The normalized spacial score (nSPS) is 12.3. The highest BCUT2D eigenvalue weighted by molar-refractivity contribution is 6.00. The minimum atomic E-state index is -0.833. The standard InChI is InChI=1S/C20H16O3.C13H27NO.C2H4O2.C2H6/c1-3-4-5-6-13(2)20-16-9-7-14(21)11-18(16)23-19-12-15(22)8-10-17(19)20;1-7-12(4,8-2)10-13(5,9-3)11(15)14-6;1-2(3)4;1-2/h3-12,21H,2H2,1H3;7-10H2,1-6H3,(H,14,15);1H3,(H,3,4);1-2H3/b4-3-,6-5-;;;. The van der Waals surface area contributed by atoms with Crippen molar-refractivity contribution in [2.45, 2.75) is 88.0 Å². The number of rotatable bonds is 9. The minimum Gasteiger partial charge on any atom is -0.508 e. The van der Waals surface area contributed by atoms with E-state index in [4.69, 9.17) is 14.3 Å². The van der Waals surface area contributed by atoms with Gasteiger partial charge in [0.1, 0.15) is 17.1 Å². The van der Waals surface area contributed by atoms with Gasteiger partial charge in [0, 0.05) is 48.0 Å². The van der Waals surface area contributed by atoms with Crippen LogP contribution in [-0.4, -0.2) is 29.1 Å². The number of carboxylic acids is 1. The molecule has 1 amide bonds. The van der Waals surface area contributed by atoms with E-state index < -0.39 is 5.97 Å². The first-order chi connectivity index (χ1) is 20.7. The van der Waals surface area contributed by atoms with E-state index >= 15 is 0 Å². The van der Waals surface area contributed by atoms with Crippen molar-refractivity contribution in [1.82, 2.24) is 5.32 Å². The number of carbonyl (C=O) groups excluding carboxylic acids is 1. The third-order valence-electron chi connectivity index (χ3n) is 7.68. The maximum atomic E-state index is 11.9. The first kappa shape index (κ1) is 39.9. The van der Waals surface area contributed by atoms with Crippen LogP contribution in [0.15, 0.2) is 76.5 Å². The van der Waals surface area contributed by atoms with Crippen LogP contribution in [0.2, 0.25) is 0 Å². The molecule has 1 aliphatic heterocycles. The van der Waals surface area contributed by atoms with Gasteiger partial charge in [-0.2, -0.15) is 0 Å². The molecule has 2 aliphatic rings. The Hall–Kier alpha value is -4.13. The largest absolute Gasteiger partial charge is 0.508 e. The molecule has 0 aromatic heterocycles. The molecule has 0 radical (unpaired) electrons. The van der Waals surface area contributed by atoms with E-state index in [2.05, 4.69) is 46.5 Å². The van der Waals surface area contributed by atoms with Crippen LogP contribution in [0.25, 0.3) is 27.9 Å². The maximum absolute atomic E-state index is 11.9. The molecule has 3 rings (SSSR count). The second-order valence-electron chi connectivity index (χ2n) is 10.9. The van der Waals surface area contributed by atoms with Gasteiger partial charge in [-0.15, -0.1) is 0 Å².